The number of benzene rings is 1. The number of hydrogen-bond donors (Lipinski definition) is 0. The van der Waals surface area contributed by atoms with E-state index in [0.29, 0.717) is 0 Å². The summed E-state index contributed by atoms with van der Waals surface area (Å²) in [5, 5.41) is 0. The molecule has 0 aromatic heterocycles. The van der Waals surface area contributed by atoms with Crippen molar-refractivity contribution < 1.29 is 19.1 Å². The van der Waals surface area contributed by atoms with Crippen molar-refractivity contribution in [1.29, 1.82) is 0 Å². The number of allylic oxidation sites excluding steroid dienone is 2. The highest BCUT2D eigenvalue weighted by Gasteiger charge is 2.27. The molecule has 0 radical (unpaired) electrons. The Morgan fingerprint density at radius 1 is 1.09 bits per heavy atom. The summed E-state index contributed by atoms with van der Waals surface area (Å²) in [7, 11) is 2.54. The first-order chi connectivity index (χ1) is 10.6. The molecule has 2 rings (SSSR count). The highest BCUT2D eigenvalue weighted by Crippen LogP contribution is 2.27. The van der Waals surface area contributed by atoms with Gasteiger partial charge in [0.1, 0.15) is 5.70 Å². The number of ether oxygens (including phenoxy) is 2. The highest BCUT2D eigenvalue weighted by atomic mass is 127. The molecule has 0 saturated carbocycles. The van der Waals surface area contributed by atoms with E-state index in [0.717, 1.165) is 9.26 Å². The number of methoxy groups -OCH3 is 2. The van der Waals surface area contributed by atoms with E-state index in [1.165, 1.54) is 20.3 Å². The van der Waals surface area contributed by atoms with Crippen LogP contribution in [0.25, 0.3) is 0 Å². The van der Waals surface area contributed by atoms with E-state index in [9.17, 15) is 9.59 Å². The molecule has 0 amide bonds. The third-order valence-corrected chi connectivity index (χ3v) is 3.65. The molecule has 0 fully saturated rings. The minimum atomic E-state index is -0.615. The Hall–Kier alpha value is -2.09. The van der Waals surface area contributed by atoms with Gasteiger partial charge < -0.3 is 14.4 Å². The van der Waals surface area contributed by atoms with Crippen LogP contribution in [0.3, 0.4) is 0 Å². The molecule has 5 nitrogen and oxygen atoms in total. The van der Waals surface area contributed by atoms with Gasteiger partial charge in [-0.2, -0.15) is 0 Å². The van der Waals surface area contributed by atoms with Crippen molar-refractivity contribution in [2.45, 2.75) is 0 Å². The van der Waals surface area contributed by atoms with Gasteiger partial charge in [-0.15, -0.1) is 0 Å². The lowest BCUT2D eigenvalue weighted by atomic mass is 10.1. The van der Waals surface area contributed by atoms with Crippen molar-refractivity contribution >= 4 is 40.2 Å². The van der Waals surface area contributed by atoms with E-state index in [1.54, 1.807) is 23.3 Å². The van der Waals surface area contributed by atoms with Crippen LogP contribution < -0.4 is 4.90 Å². The zero-order chi connectivity index (χ0) is 16.1. The average Bonchev–Trinajstić information content (AvgIpc) is 2.76. The van der Waals surface area contributed by atoms with Gasteiger partial charge in [-0.25, -0.2) is 9.59 Å². The monoisotopic (exact) mass is 411 g/mol. The third-order valence-electron chi connectivity index (χ3n) is 2.98. The summed E-state index contributed by atoms with van der Waals surface area (Å²) in [6.07, 6.45) is 6.63. The molecule has 0 spiro atoms. The first kappa shape index (κ1) is 16.3. The van der Waals surface area contributed by atoms with Crippen LogP contribution in [0, 0.1) is 3.57 Å². The topological polar surface area (TPSA) is 55.8 Å². The number of esters is 2. The van der Waals surface area contributed by atoms with Crippen LogP contribution in [-0.4, -0.2) is 26.2 Å². The zero-order valence-electron chi connectivity index (χ0n) is 12.1. The molecule has 1 aromatic rings. The number of carbonyl (C=O) groups is 2. The van der Waals surface area contributed by atoms with Crippen LogP contribution in [0.15, 0.2) is 60.0 Å². The molecule has 0 unspecified atom stereocenters. The van der Waals surface area contributed by atoms with Crippen LogP contribution in [0.4, 0.5) is 5.69 Å². The predicted molar refractivity (Wildman–Crippen MR) is 91.0 cm³/mol. The van der Waals surface area contributed by atoms with Gasteiger partial charge in [0.25, 0.3) is 0 Å². The molecule has 1 aliphatic rings. The summed E-state index contributed by atoms with van der Waals surface area (Å²) >= 11 is 2.18. The number of rotatable bonds is 3. The van der Waals surface area contributed by atoms with Crippen LogP contribution in [0.5, 0.6) is 0 Å². The maximum atomic E-state index is 12.2. The fraction of sp³-hybridized carbons (Fsp3) is 0.125. The van der Waals surface area contributed by atoms with Gasteiger partial charge in [0.15, 0.2) is 0 Å². The fourth-order valence-corrected chi connectivity index (χ4v) is 2.52. The number of anilines is 1. The molecule has 0 N–H and O–H groups in total. The summed E-state index contributed by atoms with van der Waals surface area (Å²) in [4.78, 5) is 25.8. The Labute approximate surface area is 142 Å². The molecule has 6 heteroatoms. The molecule has 22 heavy (non-hydrogen) atoms. The second kappa shape index (κ2) is 7.26. The summed E-state index contributed by atoms with van der Waals surface area (Å²) in [6.45, 7) is 0. The molecular weight excluding hydrogens is 397 g/mol. The predicted octanol–water partition coefficient (Wildman–Crippen LogP) is 2.78. The van der Waals surface area contributed by atoms with Gasteiger partial charge in [-0.3, -0.25) is 0 Å². The van der Waals surface area contributed by atoms with E-state index < -0.39 is 11.9 Å². The maximum absolute atomic E-state index is 12.2. The molecule has 1 aromatic carbocycles. The van der Waals surface area contributed by atoms with Crippen molar-refractivity contribution in [1.82, 2.24) is 0 Å². The Kier molecular flexibility index (Phi) is 5.37. The quantitative estimate of drug-likeness (QED) is 0.566. The first-order valence-electron chi connectivity index (χ1n) is 6.39. The van der Waals surface area contributed by atoms with Crippen molar-refractivity contribution in [3.8, 4) is 0 Å². The van der Waals surface area contributed by atoms with E-state index >= 15 is 0 Å². The average molecular weight is 411 g/mol. The van der Waals surface area contributed by atoms with Gasteiger partial charge >= 0.3 is 11.9 Å². The third kappa shape index (κ3) is 3.38. The molecule has 1 aliphatic heterocycles. The minimum absolute atomic E-state index is 0.112. The molecule has 114 valence electrons. The Balaban J connectivity index is 2.64. The standard InChI is InChI=1S/C16H14INO4/c1-21-15(19)13-8-3-4-9-18(14(13)16(20)22-2)12-7-5-6-11(17)10-12/h3-10H,1-2H3. The van der Waals surface area contributed by atoms with Gasteiger partial charge in [0.2, 0.25) is 0 Å². The van der Waals surface area contributed by atoms with Gasteiger partial charge in [-0.1, -0.05) is 12.1 Å². The molecule has 0 saturated heterocycles. The summed E-state index contributed by atoms with van der Waals surface area (Å²) < 4.78 is 10.6. The summed E-state index contributed by atoms with van der Waals surface area (Å²) in [6, 6.07) is 7.55. The Morgan fingerprint density at radius 3 is 2.45 bits per heavy atom. The number of carbonyl (C=O) groups excluding carboxylic acids is 2. The van der Waals surface area contributed by atoms with E-state index in [-0.39, 0.29) is 11.3 Å². The molecule has 0 bridgehead atoms. The first-order valence-corrected chi connectivity index (χ1v) is 7.47. The second-order valence-electron chi connectivity index (χ2n) is 4.30. The van der Waals surface area contributed by atoms with Crippen molar-refractivity contribution in [2.75, 3.05) is 19.1 Å². The van der Waals surface area contributed by atoms with Gasteiger partial charge in [0.05, 0.1) is 19.8 Å². The van der Waals surface area contributed by atoms with Crippen LogP contribution in [0.2, 0.25) is 0 Å². The van der Waals surface area contributed by atoms with Crippen molar-refractivity contribution in [2.24, 2.45) is 0 Å². The van der Waals surface area contributed by atoms with Gasteiger partial charge in [0, 0.05) is 15.5 Å². The number of nitrogens with zero attached hydrogens (tertiary/aromatic N) is 1. The number of halogens is 1. The van der Waals surface area contributed by atoms with E-state index in [1.807, 2.05) is 24.3 Å². The molecular formula is C16H14INO4. The van der Waals surface area contributed by atoms with E-state index in [4.69, 9.17) is 9.47 Å². The lowest BCUT2D eigenvalue weighted by Gasteiger charge is -2.23. The lowest BCUT2D eigenvalue weighted by Crippen LogP contribution is -2.26. The van der Waals surface area contributed by atoms with Crippen molar-refractivity contribution in [3.63, 3.8) is 0 Å². The highest BCUT2D eigenvalue weighted by molar-refractivity contribution is 14.1. The minimum Gasteiger partial charge on any atom is -0.465 e. The molecule has 0 atom stereocenters. The largest absolute Gasteiger partial charge is 0.465 e. The molecule has 1 heterocycles. The van der Waals surface area contributed by atoms with Crippen molar-refractivity contribution in [3.05, 3.63) is 63.5 Å². The Bertz CT molecular complexity index is 691. The lowest BCUT2D eigenvalue weighted by molar-refractivity contribution is -0.139. The zero-order valence-corrected chi connectivity index (χ0v) is 14.2. The number of hydrogen-bond acceptors (Lipinski definition) is 5. The van der Waals surface area contributed by atoms with E-state index in [2.05, 4.69) is 22.6 Å². The SMILES string of the molecule is COC(=O)C1=C(C(=O)OC)N(c2cccc(I)c2)C=CC=C1. The summed E-state index contributed by atoms with van der Waals surface area (Å²) in [5.41, 5.74) is 0.994. The summed E-state index contributed by atoms with van der Waals surface area (Å²) in [5.74, 6) is -1.22. The Morgan fingerprint density at radius 2 is 1.82 bits per heavy atom. The maximum Gasteiger partial charge on any atom is 0.355 e. The molecule has 0 aliphatic carbocycles. The second-order valence-corrected chi connectivity index (χ2v) is 5.54. The van der Waals surface area contributed by atoms with Crippen LogP contribution in [0.1, 0.15) is 0 Å². The smallest absolute Gasteiger partial charge is 0.355 e. The van der Waals surface area contributed by atoms with Crippen LogP contribution >= 0.6 is 22.6 Å². The van der Waals surface area contributed by atoms with Gasteiger partial charge in [-0.05, 0) is 52.9 Å². The van der Waals surface area contributed by atoms with Crippen LogP contribution in [-0.2, 0) is 19.1 Å². The normalized spacial score (nSPS) is 13.9. The fourth-order valence-electron chi connectivity index (χ4n) is 1.99.